The van der Waals surface area contributed by atoms with Gasteiger partial charge in [-0.3, -0.25) is 4.90 Å². The van der Waals surface area contributed by atoms with Crippen molar-refractivity contribution in [2.75, 3.05) is 6.54 Å². The van der Waals surface area contributed by atoms with Gasteiger partial charge in [0, 0.05) is 5.70 Å². The summed E-state index contributed by atoms with van der Waals surface area (Å²) in [4.78, 5) is 12.9. The molecule has 1 aliphatic carbocycles. The van der Waals surface area contributed by atoms with Gasteiger partial charge in [-0.1, -0.05) is 6.08 Å². The molecule has 1 aliphatic heterocycles. The summed E-state index contributed by atoms with van der Waals surface area (Å²) in [6, 6.07) is 0. The third kappa shape index (κ3) is 2.01. The zero-order valence-electron chi connectivity index (χ0n) is 9.37. The number of hydrogen-bond donors (Lipinski definition) is 0. The highest BCUT2D eigenvalue weighted by atomic mass is 19.1. The number of carbonyl (C=O) groups excluding carboxylic acids is 1. The molecule has 3 nitrogen and oxygen atoms in total. The maximum absolute atomic E-state index is 13.5. The summed E-state index contributed by atoms with van der Waals surface area (Å²) in [5.41, 5.74) is 1.23. The van der Waals surface area contributed by atoms with Crippen LogP contribution in [-0.2, 0) is 4.74 Å². The maximum atomic E-state index is 13.5. The molecule has 0 bridgehead atoms. The first-order valence-electron chi connectivity index (χ1n) is 5.29. The fourth-order valence-corrected chi connectivity index (χ4v) is 1.74. The van der Waals surface area contributed by atoms with Gasteiger partial charge >= 0.3 is 6.09 Å². The van der Waals surface area contributed by atoms with Crippen LogP contribution in [0.2, 0.25) is 0 Å². The fraction of sp³-hybridized carbons (Fsp3) is 0.417. The third-order valence-electron chi connectivity index (χ3n) is 2.67. The van der Waals surface area contributed by atoms with Crippen LogP contribution in [0.5, 0.6) is 0 Å². The van der Waals surface area contributed by atoms with Crippen LogP contribution in [0.25, 0.3) is 0 Å². The van der Waals surface area contributed by atoms with E-state index >= 15 is 0 Å². The predicted octanol–water partition coefficient (Wildman–Crippen LogP) is 2.91. The number of cyclic esters (lactones) is 1. The van der Waals surface area contributed by atoms with E-state index in [2.05, 4.69) is 0 Å². The minimum Gasteiger partial charge on any atom is -0.444 e. The van der Waals surface area contributed by atoms with Crippen LogP contribution in [0.1, 0.15) is 20.3 Å². The summed E-state index contributed by atoms with van der Waals surface area (Å²) in [5.74, 6) is -0.271. The smallest absolute Gasteiger partial charge is 0.414 e. The Hall–Kier alpha value is -1.58. The lowest BCUT2D eigenvalue weighted by molar-refractivity contribution is 0.142. The molecule has 1 saturated heterocycles. The van der Waals surface area contributed by atoms with Gasteiger partial charge in [0.05, 0.1) is 6.54 Å². The van der Waals surface area contributed by atoms with Gasteiger partial charge in [-0.25, -0.2) is 9.18 Å². The molecule has 0 spiro atoms. The lowest BCUT2D eigenvalue weighted by Crippen LogP contribution is -2.23. The molecule has 0 aromatic heterocycles. The number of nitrogens with zero attached hydrogens (tertiary/aromatic N) is 1. The Morgan fingerprint density at radius 1 is 1.56 bits per heavy atom. The summed E-state index contributed by atoms with van der Waals surface area (Å²) >= 11 is 0. The Kier molecular flexibility index (Phi) is 2.81. The van der Waals surface area contributed by atoms with Crippen LogP contribution in [-0.4, -0.2) is 23.6 Å². The minimum absolute atomic E-state index is 0.141. The van der Waals surface area contributed by atoms with Crippen molar-refractivity contribution in [1.29, 1.82) is 0 Å². The first-order valence-corrected chi connectivity index (χ1v) is 5.29. The standard InChI is InChI=1S/C12H14FNO2/c1-8-4-3-5-10(6-11(8)13)14-7-9(2)16-12(14)15/h3,5-6,9H,4,7H2,1-2H3. The van der Waals surface area contributed by atoms with E-state index in [0.29, 0.717) is 24.2 Å². The van der Waals surface area contributed by atoms with E-state index in [4.69, 9.17) is 4.74 Å². The first-order chi connectivity index (χ1) is 7.58. The lowest BCUT2D eigenvalue weighted by atomic mass is 10.2. The molecule has 0 radical (unpaired) electrons. The molecule has 4 heteroatoms. The molecular weight excluding hydrogens is 209 g/mol. The topological polar surface area (TPSA) is 29.5 Å². The van der Waals surface area contributed by atoms with E-state index < -0.39 is 6.09 Å². The molecule has 16 heavy (non-hydrogen) atoms. The molecule has 86 valence electrons. The summed E-state index contributed by atoms with van der Waals surface area (Å²) in [6.45, 7) is 4.03. The molecule has 0 N–H and O–H groups in total. The van der Waals surface area contributed by atoms with E-state index in [1.165, 1.54) is 11.0 Å². The van der Waals surface area contributed by atoms with Crippen LogP contribution in [0.3, 0.4) is 0 Å². The van der Waals surface area contributed by atoms with E-state index in [-0.39, 0.29) is 11.9 Å². The Morgan fingerprint density at radius 3 is 2.94 bits per heavy atom. The summed E-state index contributed by atoms with van der Waals surface area (Å²) in [7, 11) is 0. The molecule has 1 amide bonds. The van der Waals surface area contributed by atoms with Gasteiger partial charge in [-0.15, -0.1) is 0 Å². The predicted molar refractivity (Wildman–Crippen MR) is 58.3 cm³/mol. The van der Waals surface area contributed by atoms with Crippen molar-refractivity contribution in [3.05, 3.63) is 35.3 Å². The number of ether oxygens (including phenoxy) is 1. The van der Waals surface area contributed by atoms with Gasteiger partial charge in [0.2, 0.25) is 0 Å². The molecule has 0 aromatic carbocycles. The van der Waals surface area contributed by atoms with Gasteiger partial charge in [0.25, 0.3) is 0 Å². The molecule has 0 saturated carbocycles. The van der Waals surface area contributed by atoms with Crippen LogP contribution in [0.4, 0.5) is 9.18 Å². The van der Waals surface area contributed by atoms with Crippen molar-refractivity contribution >= 4 is 6.09 Å². The molecule has 0 aromatic rings. The third-order valence-corrected chi connectivity index (χ3v) is 2.67. The minimum atomic E-state index is -0.407. The zero-order chi connectivity index (χ0) is 11.7. The van der Waals surface area contributed by atoms with Crippen molar-refractivity contribution in [2.45, 2.75) is 26.4 Å². The summed E-state index contributed by atoms with van der Waals surface area (Å²) < 4.78 is 18.6. The SMILES string of the molecule is CC1=C(F)C=C(N2CC(C)OC2=O)C=CC1. The second kappa shape index (κ2) is 4.12. The van der Waals surface area contributed by atoms with Gasteiger partial charge in [-0.05, 0) is 38.0 Å². The molecule has 2 aliphatic rings. The van der Waals surface area contributed by atoms with Gasteiger partial charge in [0.1, 0.15) is 11.9 Å². The molecule has 1 fully saturated rings. The monoisotopic (exact) mass is 223 g/mol. The normalized spacial score (nSPS) is 25.7. The van der Waals surface area contributed by atoms with E-state index in [0.717, 1.165) is 0 Å². The fourth-order valence-electron chi connectivity index (χ4n) is 1.74. The Labute approximate surface area is 93.9 Å². The molecule has 2 rings (SSSR count). The van der Waals surface area contributed by atoms with Crippen molar-refractivity contribution in [3.8, 4) is 0 Å². The highest BCUT2D eigenvalue weighted by Crippen LogP contribution is 2.24. The summed E-state index contributed by atoms with van der Waals surface area (Å²) in [5, 5.41) is 0. The number of carbonyl (C=O) groups is 1. The molecule has 1 atom stereocenters. The Morgan fingerprint density at radius 2 is 2.31 bits per heavy atom. The van der Waals surface area contributed by atoms with Crippen LogP contribution >= 0.6 is 0 Å². The number of hydrogen-bond acceptors (Lipinski definition) is 2. The Balaban J connectivity index is 2.28. The number of halogens is 1. The average molecular weight is 223 g/mol. The van der Waals surface area contributed by atoms with Crippen LogP contribution in [0.15, 0.2) is 35.3 Å². The van der Waals surface area contributed by atoms with Crippen molar-refractivity contribution in [2.24, 2.45) is 0 Å². The van der Waals surface area contributed by atoms with Crippen LogP contribution in [0, 0.1) is 0 Å². The molecule has 1 unspecified atom stereocenters. The zero-order valence-corrected chi connectivity index (χ0v) is 9.37. The van der Waals surface area contributed by atoms with Gasteiger partial charge in [-0.2, -0.15) is 0 Å². The largest absolute Gasteiger partial charge is 0.444 e. The van der Waals surface area contributed by atoms with E-state index in [1.54, 1.807) is 13.0 Å². The quantitative estimate of drug-likeness (QED) is 0.684. The van der Waals surface area contributed by atoms with Crippen molar-refractivity contribution in [3.63, 3.8) is 0 Å². The van der Waals surface area contributed by atoms with E-state index in [1.807, 2.05) is 13.0 Å². The van der Waals surface area contributed by atoms with Crippen LogP contribution < -0.4 is 0 Å². The highest BCUT2D eigenvalue weighted by Gasteiger charge is 2.30. The summed E-state index contributed by atoms with van der Waals surface area (Å²) in [6.07, 6.45) is 5.02. The first kappa shape index (κ1) is 10.9. The van der Waals surface area contributed by atoms with E-state index in [9.17, 15) is 9.18 Å². The second-order valence-corrected chi connectivity index (χ2v) is 4.11. The lowest BCUT2D eigenvalue weighted by Gasteiger charge is -2.13. The van der Waals surface area contributed by atoms with Crippen molar-refractivity contribution in [1.82, 2.24) is 4.90 Å². The number of rotatable bonds is 1. The van der Waals surface area contributed by atoms with Crippen molar-refractivity contribution < 1.29 is 13.9 Å². The van der Waals surface area contributed by atoms with Gasteiger partial charge < -0.3 is 4.74 Å². The Bertz CT molecular complexity index is 409. The van der Waals surface area contributed by atoms with Gasteiger partial charge in [0.15, 0.2) is 0 Å². The maximum Gasteiger partial charge on any atom is 0.414 e. The highest BCUT2D eigenvalue weighted by molar-refractivity contribution is 5.73. The number of allylic oxidation sites excluding steroid dienone is 5. The molecular formula is C12H14FNO2. The number of amides is 1. The second-order valence-electron chi connectivity index (χ2n) is 4.11. The average Bonchev–Trinajstić information content (AvgIpc) is 2.46. The molecule has 1 heterocycles.